The monoisotopic (exact) mass is 578 g/mol. The molecule has 10 atom stereocenters. The van der Waals surface area contributed by atoms with E-state index in [1.165, 1.54) is 71.0 Å². The van der Waals surface area contributed by atoms with Gasteiger partial charge in [0.2, 0.25) is 0 Å². The Bertz CT molecular complexity index is 1120. The van der Waals surface area contributed by atoms with Crippen molar-refractivity contribution in [2.45, 2.75) is 118 Å². The largest absolute Gasteiger partial charge is 0.504 e. The quantitative estimate of drug-likeness (QED) is 0.234. The number of carbonyl (C=O) groups is 1. The standard InChI is InChI=1S/C38H58O4/c1-24(2)25(3)8-9-26(4)31-14-15-32-30-13-12-28-23-29(18-20-37(28,5)33(30)19-21-38(31,32)6)42-36(40)17-11-27-10-16-34(39)35(22-27)41-7/h10-11,16-17,22,24-26,28-33,39H,8-9,12-15,18-21,23H2,1-7H3. The third-order valence-electron chi connectivity index (χ3n) is 13.5. The summed E-state index contributed by atoms with van der Waals surface area (Å²) in [5, 5.41) is 9.82. The maximum atomic E-state index is 12.7. The maximum Gasteiger partial charge on any atom is 0.331 e. The Morgan fingerprint density at radius 2 is 1.71 bits per heavy atom. The van der Waals surface area contributed by atoms with E-state index < -0.39 is 0 Å². The molecule has 0 aliphatic heterocycles. The highest BCUT2D eigenvalue weighted by molar-refractivity contribution is 5.87. The van der Waals surface area contributed by atoms with Crippen molar-refractivity contribution in [1.29, 1.82) is 0 Å². The van der Waals surface area contributed by atoms with Gasteiger partial charge in [-0.05, 0) is 140 Å². The molecular formula is C38H58O4. The average Bonchev–Trinajstić information content (AvgIpc) is 3.32. The second-order valence-electron chi connectivity index (χ2n) is 15.8. The molecule has 0 heterocycles. The zero-order valence-electron chi connectivity index (χ0n) is 27.5. The van der Waals surface area contributed by atoms with Crippen LogP contribution in [0.2, 0.25) is 0 Å². The second kappa shape index (κ2) is 12.6. The summed E-state index contributed by atoms with van der Waals surface area (Å²) < 4.78 is 11.2. The molecule has 4 heteroatoms. The van der Waals surface area contributed by atoms with E-state index >= 15 is 0 Å². The van der Waals surface area contributed by atoms with Gasteiger partial charge in [-0.15, -0.1) is 0 Å². The maximum absolute atomic E-state index is 12.7. The highest BCUT2D eigenvalue weighted by Gasteiger charge is 2.60. The van der Waals surface area contributed by atoms with E-state index in [0.29, 0.717) is 22.5 Å². The van der Waals surface area contributed by atoms with Gasteiger partial charge in [-0.3, -0.25) is 0 Å². The van der Waals surface area contributed by atoms with Crippen LogP contribution in [0.5, 0.6) is 11.5 Å². The first-order valence-electron chi connectivity index (χ1n) is 17.2. The van der Waals surface area contributed by atoms with Crippen LogP contribution in [-0.4, -0.2) is 24.3 Å². The first-order valence-corrected chi connectivity index (χ1v) is 17.2. The molecule has 0 radical (unpaired) electrons. The van der Waals surface area contributed by atoms with E-state index in [2.05, 4.69) is 41.5 Å². The summed E-state index contributed by atoms with van der Waals surface area (Å²) in [5.74, 6) is 6.88. The third kappa shape index (κ3) is 6.03. The fraction of sp³-hybridized carbons (Fsp3) is 0.763. The van der Waals surface area contributed by atoms with Crippen molar-refractivity contribution in [1.82, 2.24) is 0 Å². The molecule has 1 aromatic rings. The number of carbonyl (C=O) groups excluding carboxylic acids is 1. The lowest BCUT2D eigenvalue weighted by atomic mass is 9.44. The van der Waals surface area contributed by atoms with Gasteiger partial charge < -0.3 is 14.6 Å². The number of rotatable bonds is 9. The van der Waals surface area contributed by atoms with Crippen molar-refractivity contribution in [2.24, 2.45) is 58.2 Å². The van der Waals surface area contributed by atoms with Crippen molar-refractivity contribution in [2.75, 3.05) is 7.11 Å². The van der Waals surface area contributed by atoms with Crippen LogP contribution >= 0.6 is 0 Å². The molecule has 0 saturated heterocycles. The molecule has 4 aliphatic rings. The lowest BCUT2D eigenvalue weighted by Crippen LogP contribution is -2.54. The van der Waals surface area contributed by atoms with Crippen molar-refractivity contribution in [3.05, 3.63) is 29.8 Å². The van der Waals surface area contributed by atoms with Crippen molar-refractivity contribution < 1.29 is 19.4 Å². The van der Waals surface area contributed by atoms with Crippen molar-refractivity contribution in [3.8, 4) is 11.5 Å². The highest BCUT2D eigenvalue weighted by atomic mass is 16.5. The summed E-state index contributed by atoms with van der Waals surface area (Å²) in [6.45, 7) is 15.1. The van der Waals surface area contributed by atoms with E-state index in [4.69, 9.17) is 9.47 Å². The lowest BCUT2D eigenvalue weighted by Gasteiger charge is -2.61. The van der Waals surface area contributed by atoms with Gasteiger partial charge in [-0.1, -0.05) is 60.5 Å². The van der Waals surface area contributed by atoms with Gasteiger partial charge >= 0.3 is 5.97 Å². The minimum absolute atomic E-state index is 0.0185. The summed E-state index contributed by atoms with van der Waals surface area (Å²) in [7, 11) is 1.52. The van der Waals surface area contributed by atoms with Gasteiger partial charge in [0.1, 0.15) is 6.10 Å². The van der Waals surface area contributed by atoms with E-state index in [0.717, 1.165) is 59.8 Å². The summed E-state index contributed by atoms with van der Waals surface area (Å²) in [5.41, 5.74) is 1.72. The molecule has 1 aromatic carbocycles. The van der Waals surface area contributed by atoms with Crippen LogP contribution in [-0.2, 0) is 9.53 Å². The molecule has 4 fully saturated rings. The molecular weight excluding hydrogens is 520 g/mol. The summed E-state index contributed by atoms with van der Waals surface area (Å²) in [6, 6.07) is 5.07. The van der Waals surface area contributed by atoms with Crippen LogP contribution < -0.4 is 4.74 Å². The Labute approximate surface area is 256 Å². The Balaban J connectivity index is 1.18. The normalized spacial score (nSPS) is 37.5. The minimum Gasteiger partial charge on any atom is -0.504 e. The third-order valence-corrected chi connectivity index (χ3v) is 13.5. The first-order chi connectivity index (χ1) is 20.0. The smallest absolute Gasteiger partial charge is 0.331 e. The SMILES string of the molecule is COc1cc(C=CC(=O)OC2CCC3(C)C(CCC4C3CCC3(C)C(C(C)CCC(C)C(C)C)CCC43)C2)ccc1O. The van der Waals surface area contributed by atoms with Crippen LogP contribution in [0.15, 0.2) is 24.3 Å². The van der Waals surface area contributed by atoms with Crippen LogP contribution in [0.25, 0.3) is 6.08 Å². The Morgan fingerprint density at radius 1 is 0.976 bits per heavy atom. The number of fused-ring (bicyclic) bond motifs is 5. The molecule has 0 aromatic heterocycles. The van der Waals surface area contributed by atoms with Crippen molar-refractivity contribution >= 4 is 12.0 Å². The molecule has 5 rings (SSSR count). The zero-order valence-corrected chi connectivity index (χ0v) is 27.5. The predicted molar refractivity (Wildman–Crippen MR) is 171 cm³/mol. The van der Waals surface area contributed by atoms with Crippen LogP contribution in [0, 0.1) is 58.2 Å². The number of hydrogen-bond donors (Lipinski definition) is 1. The number of benzene rings is 1. The van der Waals surface area contributed by atoms with Gasteiger partial charge in [-0.2, -0.15) is 0 Å². The number of aromatic hydroxyl groups is 1. The van der Waals surface area contributed by atoms with Crippen molar-refractivity contribution in [3.63, 3.8) is 0 Å². The number of hydrogen-bond acceptors (Lipinski definition) is 4. The van der Waals surface area contributed by atoms with Gasteiger partial charge in [-0.25, -0.2) is 4.79 Å². The van der Waals surface area contributed by atoms with Gasteiger partial charge in [0.25, 0.3) is 0 Å². The van der Waals surface area contributed by atoms with E-state index in [1.54, 1.807) is 24.3 Å². The summed E-state index contributed by atoms with van der Waals surface area (Å²) >= 11 is 0. The lowest BCUT2D eigenvalue weighted by molar-refractivity contribution is -0.157. The second-order valence-corrected chi connectivity index (χ2v) is 15.8. The van der Waals surface area contributed by atoms with E-state index in [-0.39, 0.29) is 17.8 Å². The molecule has 1 N–H and O–H groups in total. The van der Waals surface area contributed by atoms with Gasteiger partial charge in [0.15, 0.2) is 11.5 Å². The fourth-order valence-electron chi connectivity index (χ4n) is 10.5. The van der Waals surface area contributed by atoms with Crippen LogP contribution in [0.1, 0.15) is 118 Å². The molecule has 234 valence electrons. The number of methoxy groups -OCH3 is 1. The van der Waals surface area contributed by atoms with E-state index in [9.17, 15) is 9.90 Å². The van der Waals surface area contributed by atoms with Crippen LogP contribution in [0.3, 0.4) is 0 Å². The molecule has 4 aliphatic carbocycles. The number of phenolic OH excluding ortho intramolecular Hbond substituents is 1. The Hall–Kier alpha value is -1.97. The molecule has 0 amide bonds. The van der Waals surface area contributed by atoms with E-state index in [1.807, 2.05) is 0 Å². The molecule has 10 unspecified atom stereocenters. The number of phenols is 1. The molecule has 4 saturated carbocycles. The predicted octanol–water partition coefficient (Wildman–Crippen LogP) is 9.69. The Kier molecular flexibility index (Phi) is 9.41. The minimum atomic E-state index is -0.272. The number of ether oxygens (including phenoxy) is 2. The Morgan fingerprint density at radius 3 is 2.45 bits per heavy atom. The van der Waals surface area contributed by atoms with Gasteiger partial charge in [0.05, 0.1) is 7.11 Å². The average molecular weight is 579 g/mol. The first kappa shape index (κ1) is 31.5. The summed E-state index contributed by atoms with van der Waals surface area (Å²) in [6.07, 6.45) is 17.6. The number of esters is 1. The van der Waals surface area contributed by atoms with Gasteiger partial charge in [0, 0.05) is 6.08 Å². The van der Waals surface area contributed by atoms with Crippen LogP contribution in [0.4, 0.5) is 0 Å². The summed E-state index contributed by atoms with van der Waals surface area (Å²) in [4.78, 5) is 12.7. The zero-order chi connectivity index (χ0) is 30.2. The fourth-order valence-corrected chi connectivity index (χ4v) is 10.5. The molecule has 0 spiro atoms. The highest BCUT2D eigenvalue weighted by Crippen LogP contribution is 2.68. The molecule has 0 bridgehead atoms. The molecule has 4 nitrogen and oxygen atoms in total. The molecule has 42 heavy (non-hydrogen) atoms. The topological polar surface area (TPSA) is 55.8 Å².